The summed E-state index contributed by atoms with van der Waals surface area (Å²) < 4.78 is 3.36. The molecule has 122 valence electrons. The lowest BCUT2D eigenvalue weighted by atomic mass is 10.2. The number of amides is 1. The van der Waals surface area contributed by atoms with Crippen molar-refractivity contribution in [3.05, 3.63) is 86.5 Å². The maximum absolute atomic E-state index is 12.3. The summed E-state index contributed by atoms with van der Waals surface area (Å²) in [6.45, 7) is 2.41. The van der Waals surface area contributed by atoms with Crippen LogP contribution in [0.1, 0.15) is 11.3 Å². The molecule has 0 fully saturated rings. The zero-order valence-electron chi connectivity index (χ0n) is 13.3. The summed E-state index contributed by atoms with van der Waals surface area (Å²) in [5.41, 5.74) is 2.48. The van der Waals surface area contributed by atoms with Gasteiger partial charge in [0.25, 0.3) is 5.91 Å². The van der Waals surface area contributed by atoms with Gasteiger partial charge in [0.15, 0.2) is 0 Å². The molecule has 0 aliphatic rings. The number of benzene rings is 1. The Labute approximate surface area is 143 Å². The molecule has 0 spiro atoms. The number of nitrogens with zero attached hydrogens (tertiary/aromatic N) is 3. The lowest BCUT2D eigenvalue weighted by molar-refractivity contribution is -0.118. The Bertz CT molecular complexity index is 967. The quantitative estimate of drug-likeness (QED) is 0.732. The number of hydrogen-bond acceptors (Lipinski definition) is 3. The average molecular weight is 339 g/mol. The number of carbonyl (C=O) groups excluding carboxylic acids is 1. The van der Waals surface area contributed by atoms with Crippen LogP contribution in [0.25, 0.3) is 0 Å². The van der Waals surface area contributed by atoms with E-state index in [2.05, 4.69) is 4.99 Å². The summed E-state index contributed by atoms with van der Waals surface area (Å²) in [6.07, 6.45) is 1.89. The first kappa shape index (κ1) is 16.1. The monoisotopic (exact) mass is 339 g/mol. The number of pyridine rings is 1. The molecular weight excluding hydrogens is 322 g/mol. The highest BCUT2D eigenvalue weighted by atomic mass is 32.1. The van der Waals surface area contributed by atoms with Crippen molar-refractivity contribution in [3.8, 4) is 0 Å². The zero-order valence-corrected chi connectivity index (χ0v) is 14.1. The second-order valence-corrected chi connectivity index (χ2v) is 6.23. The van der Waals surface area contributed by atoms with E-state index in [9.17, 15) is 9.59 Å². The van der Waals surface area contributed by atoms with Crippen LogP contribution in [-0.2, 0) is 17.9 Å². The highest BCUT2D eigenvalue weighted by molar-refractivity contribution is 7.07. The Balaban J connectivity index is 1.87. The molecule has 6 heteroatoms. The van der Waals surface area contributed by atoms with Crippen molar-refractivity contribution in [3.63, 3.8) is 0 Å². The summed E-state index contributed by atoms with van der Waals surface area (Å²) >= 11 is 1.09. The van der Waals surface area contributed by atoms with Gasteiger partial charge in [-0.05, 0) is 24.6 Å². The van der Waals surface area contributed by atoms with Crippen molar-refractivity contribution in [2.24, 2.45) is 4.99 Å². The van der Waals surface area contributed by atoms with E-state index in [1.165, 1.54) is 4.57 Å². The standard InChI is InChI=1S/C18H17N3O2S/c1-14-13-24-18(23)21(14)12-17(22)19-16-9-5-6-10-20(16)11-15-7-3-2-4-8-15/h2-10,13H,11-12H2,1H3. The second-order valence-electron chi connectivity index (χ2n) is 5.41. The molecular formula is C18H17N3O2S. The van der Waals surface area contributed by atoms with Gasteiger partial charge < -0.3 is 4.57 Å². The average Bonchev–Trinajstić information content (AvgIpc) is 2.89. The first-order valence-corrected chi connectivity index (χ1v) is 8.43. The highest BCUT2D eigenvalue weighted by Gasteiger charge is 2.07. The summed E-state index contributed by atoms with van der Waals surface area (Å²) in [6, 6.07) is 15.5. The molecule has 0 radical (unpaired) electrons. The van der Waals surface area contributed by atoms with E-state index in [1.54, 1.807) is 11.4 Å². The van der Waals surface area contributed by atoms with Crippen LogP contribution in [-0.4, -0.2) is 15.0 Å². The van der Waals surface area contributed by atoms with E-state index in [0.717, 1.165) is 22.6 Å². The molecule has 0 bridgehead atoms. The third-order valence-electron chi connectivity index (χ3n) is 3.62. The molecule has 24 heavy (non-hydrogen) atoms. The molecule has 0 unspecified atom stereocenters. The smallest absolute Gasteiger partial charge is 0.307 e. The van der Waals surface area contributed by atoms with Crippen molar-refractivity contribution in [2.45, 2.75) is 20.0 Å². The van der Waals surface area contributed by atoms with Crippen molar-refractivity contribution >= 4 is 17.2 Å². The fraction of sp³-hybridized carbons (Fsp3) is 0.167. The van der Waals surface area contributed by atoms with Gasteiger partial charge in [-0.25, -0.2) is 0 Å². The van der Waals surface area contributed by atoms with E-state index >= 15 is 0 Å². The minimum atomic E-state index is -0.341. The molecule has 2 heterocycles. The SMILES string of the molecule is Cc1csc(=O)n1CC(=O)N=c1ccccn1Cc1ccccc1. The first-order valence-electron chi connectivity index (χ1n) is 7.55. The third kappa shape index (κ3) is 3.78. The Morgan fingerprint density at radius 2 is 1.88 bits per heavy atom. The van der Waals surface area contributed by atoms with E-state index in [0.29, 0.717) is 12.0 Å². The van der Waals surface area contributed by atoms with Gasteiger partial charge in [0, 0.05) is 23.8 Å². The predicted octanol–water partition coefficient (Wildman–Crippen LogP) is 2.20. The number of aryl methyl sites for hydroxylation is 1. The lowest BCUT2D eigenvalue weighted by Gasteiger charge is -2.07. The normalized spacial score (nSPS) is 11.6. The Kier molecular flexibility index (Phi) is 4.86. The van der Waals surface area contributed by atoms with Crippen LogP contribution in [0.4, 0.5) is 0 Å². The Hall–Kier alpha value is -2.73. The fourth-order valence-corrected chi connectivity index (χ4v) is 3.11. The summed E-state index contributed by atoms with van der Waals surface area (Å²) in [5.74, 6) is -0.341. The molecule has 5 nitrogen and oxygen atoms in total. The van der Waals surface area contributed by atoms with Crippen LogP contribution >= 0.6 is 11.3 Å². The van der Waals surface area contributed by atoms with Gasteiger partial charge in [0.05, 0.1) is 0 Å². The maximum Gasteiger partial charge on any atom is 0.307 e. The van der Waals surface area contributed by atoms with Gasteiger partial charge in [-0.15, -0.1) is 0 Å². The van der Waals surface area contributed by atoms with Gasteiger partial charge in [-0.2, -0.15) is 4.99 Å². The van der Waals surface area contributed by atoms with Gasteiger partial charge in [0.1, 0.15) is 12.0 Å². The fourth-order valence-electron chi connectivity index (χ4n) is 2.38. The summed E-state index contributed by atoms with van der Waals surface area (Å²) in [5, 5.41) is 1.74. The molecule has 1 aromatic carbocycles. The molecule has 0 aliphatic carbocycles. The van der Waals surface area contributed by atoms with Crippen molar-refractivity contribution < 1.29 is 4.79 Å². The third-order valence-corrected chi connectivity index (χ3v) is 4.50. The lowest BCUT2D eigenvalue weighted by Crippen LogP contribution is -2.25. The molecule has 3 rings (SSSR count). The molecule has 0 saturated heterocycles. The van der Waals surface area contributed by atoms with Crippen LogP contribution in [0.15, 0.2) is 69.9 Å². The molecule has 1 amide bonds. The van der Waals surface area contributed by atoms with E-state index in [1.807, 2.05) is 60.2 Å². The van der Waals surface area contributed by atoms with E-state index in [-0.39, 0.29) is 17.3 Å². The first-order chi connectivity index (χ1) is 11.6. The van der Waals surface area contributed by atoms with Crippen LogP contribution in [0.3, 0.4) is 0 Å². The molecule has 0 N–H and O–H groups in total. The Morgan fingerprint density at radius 1 is 1.12 bits per heavy atom. The van der Waals surface area contributed by atoms with Gasteiger partial charge >= 0.3 is 4.87 Å². The number of aromatic nitrogens is 2. The highest BCUT2D eigenvalue weighted by Crippen LogP contribution is 2.01. The summed E-state index contributed by atoms with van der Waals surface area (Å²) in [4.78, 5) is 28.0. The molecule has 0 atom stereocenters. The molecule has 0 saturated carbocycles. The summed E-state index contributed by atoms with van der Waals surface area (Å²) in [7, 11) is 0. The van der Waals surface area contributed by atoms with E-state index in [4.69, 9.17) is 0 Å². The molecule has 2 aromatic heterocycles. The number of thiazole rings is 1. The predicted molar refractivity (Wildman–Crippen MR) is 93.9 cm³/mol. The van der Waals surface area contributed by atoms with Crippen molar-refractivity contribution in [1.29, 1.82) is 0 Å². The van der Waals surface area contributed by atoms with Crippen LogP contribution < -0.4 is 10.4 Å². The molecule has 3 aromatic rings. The maximum atomic E-state index is 12.3. The zero-order chi connectivity index (χ0) is 16.9. The second kappa shape index (κ2) is 7.23. The van der Waals surface area contributed by atoms with Gasteiger partial charge in [0.2, 0.25) is 0 Å². The van der Waals surface area contributed by atoms with Crippen LogP contribution in [0, 0.1) is 6.92 Å². The number of rotatable bonds is 4. The van der Waals surface area contributed by atoms with Crippen LogP contribution in [0.5, 0.6) is 0 Å². The number of carbonyl (C=O) groups is 1. The van der Waals surface area contributed by atoms with E-state index < -0.39 is 0 Å². The largest absolute Gasteiger partial charge is 0.328 e. The topological polar surface area (TPSA) is 56.4 Å². The minimum Gasteiger partial charge on any atom is -0.328 e. The van der Waals surface area contributed by atoms with Gasteiger partial charge in [-0.3, -0.25) is 14.2 Å². The Morgan fingerprint density at radius 3 is 2.58 bits per heavy atom. The number of hydrogen-bond donors (Lipinski definition) is 0. The van der Waals surface area contributed by atoms with Crippen molar-refractivity contribution in [2.75, 3.05) is 0 Å². The van der Waals surface area contributed by atoms with Gasteiger partial charge in [-0.1, -0.05) is 47.7 Å². The molecule has 0 aliphatic heterocycles. The van der Waals surface area contributed by atoms with Crippen molar-refractivity contribution in [1.82, 2.24) is 9.13 Å². The van der Waals surface area contributed by atoms with Crippen LogP contribution in [0.2, 0.25) is 0 Å². The minimum absolute atomic E-state index is 0.0333.